The van der Waals surface area contributed by atoms with Gasteiger partial charge in [0.1, 0.15) is 5.82 Å². The molecule has 4 rings (SSSR count). The summed E-state index contributed by atoms with van der Waals surface area (Å²) in [5.41, 5.74) is 1.37. The zero-order valence-electron chi connectivity index (χ0n) is 16.3. The molecule has 2 aromatic carbocycles. The predicted octanol–water partition coefficient (Wildman–Crippen LogP) is 3.01. The molecule has 0 unspecified atom stereocenters. The van der Waals surface area contributed by atoms with Gasteiger partial charge in [-0.05, 0) is 41.8 Å². The molecule has 1 N–H and O–H groups in total. The van der Waals surface area contributed by atoms with Gasteiger partial charge >= 0.3 is 0 Å². The summed E-state index contributed by atoms with van der Waals surface area (Å²) in [6, 6.07) is 9.33. The van der Waals surface area contributed by atoms with Crippen LogP contribution in [0.3, 0.4) is 0 Å². The summed E-state index contributed by atoms with van der Waals surface area (Å²) in [5, 5.41) is 9.40. The molecule has 2 aromatic heterocycles. The second kappa shape index (κ2) is 8.37. The molecule has 4 aromatic rings. The smallest absolute Gasteiger partial charge is 0.233 e. The van der Waals surface area contributed by atoms with Crippen molar-refractivity contribution in [2.75, 3.05) is 0 Å². The molecule has 31 heavy (non-hydrogen) atoms. The molecule has 0 bridgehead atoms. The van der Waals surface area contributed by atoms with Crippen molar-refractivity contribution in [3.63, 3.8) is 0 Å². The molecule has 0 saturated heterocycles. The number of aliphatic hydroxyl groups is 1. The maximum Gasteiger partial charge on any atom is 0.233 e. The van der Waals surface area contributed by atoms with Crippen LogP contribution in [-0.2, 0) is 22.9 Å². The zero-order chi connectivity index (χ0) is 22.0. The first-order valence-corrected chi connectivity index (χ1v) is 10.9. The molecule has 0 atom stereocenters. The Balaban J connectivity index is 1.49. The van der Waals surface area contributed by atoms with Crippen LogP contribution in [0.4, 0.5) is 4.39 Å². The zero-order valence-corrected chi connectivity index (χ0v) is 17.1. The van der Waals surface area contributed by atoms with Crippen molar-refractivity contribution in [3.05, 3.63) is 89.8 Å². The number of aromatic nitrogens is 3. The van der Waals surface area contributed by atoms with E-state index in [0.717, 1.165) is 17.7 Å². The van der Waals surface area contributed by atoms with Crippen molar-refractivity contribution < 1.29 is 22.7 Å². The number of Topliss-reactive ketones (excluding diaryl/α,β-unsaturated/α-hetero) is 1. The lowest BCUT2D eigenvalue weighted by molar-refractivity contribution is 0.0982. The first-order chi connectivity index (χ1) is 14.9. The summed E-state index contributed by atoms with van der Waals surface area (Å²) in [6.45, 7) is -0.519. The number of fused-ring (bicyclic) bond motifs is 1. The van der Waals surface area contributed by atoms with Crippen molar-refractivity contribution >= 4 is 21.4 Å². The highest BCUT2D eigenvalue weighted by Crippen LogP contribution is 2.26. The lowest BCUT2D eigenvalue weighted by Gasteiger charge is -2.10. The van der Waals surface area contributed by atoms with Crippen LogP contribution >= 0.6 is 0 Å². The topological polar surface area (TPSA) is 102 Å². The molecule has 0 aliphatic carbocycles. The third kappa shape index (κ3) is 4.23. The molecule has 2 heterocycles. The number of ketones is 1. The van der Waals surface area contributed by atoms with Gasteiger partial charge in [0.2, 0.25) is 15.6 Å². The van der Waals surface area contributed by atoms with Crippen LogP contribution in [-0.4, -0.2) is 33.7 Å². The number of halogens is 1. The van der Waals surface area contributed by atoms with E-state index in [-0.39, 0.29) is 27.6 Å². The summed E-state index contributed by atoms with van der Waals surface area (Å²) in [5.74, 6) is -0.280. The third-order valence-electron chi connectivity index (χ3n) is 4.93. The van der Waals surface area contributed by atoms with Crippen LogP contribution in [0, 0.1) is 5.82 Å². The Hall–Kier alpha value is -3.43. The number of sulfone groups is 1. The first-order valence-electron chi connectivity index (χ1n) is 9.44. The number of imidazole rings is 1. The first kappa shape index (κ1) is 20.8. The maximum atomic E-state index is 13.6. The Bertz CT molecular complexity index is 1370. The van der Waals surface area contributed by atoms with Gasteiger partial charge in [-0.25, -0.2) is 22.8 Å². The number of aliphatic hydroxyl groups excluding tert-OH is 1. The van der Waals surface area contributed by atoms with Crippen LogP contribution in [0.2, 0.25) is 0 Å². The Morgan fingerprint density at radius 3 is 2.61 bits per heavy atom. The quantitative estimate of drug-likeness (QED) is 0.444. The minimum atomic E-state index is -3.99. The largest absolute Gasteiger partial charge is 0.392 e. The number of carbonyl (C=O) groups is 1. The van der Waals surface area contributed by atoms with Gasteiger partial charge in [0, 0.05) is 31.2 Å². The van der Waals surface area contributed by atoms with Gasteiger partial charge < -0.3 is 5.11 Å². The Kier molecular flexibility index (Phi) is 5.62. The second-order valence-corrected chi connectivity index (χ2v) is 8.88. The van der Waals surface area contributed by atoms with E-state index >= 15 is 0 Å². The van der Waals surface area contributed by atoms with Crippen LogP contribution in [0.15, 0.2) is 77.0 Å². The normalized spacial score (nSPS) is 11.7. The lowest BCUT2D eigenvalue weighted by Crippen LogP contribution is -2.07. The molecule has 0 saturated carbocycles. The van der Waals surface area contributed by atoms with E-state index < -0.39 is 22.3 Å². The fraction of sp³-hybridized carbons (Fsp3) is 0.136. The van der Waals surface area contributed by atoms with Crippen molar-refractivity contribution in [1.29, 1.82) is 0 Å². The van der Waals surface area contributed by atoms with E-state index in [0.29, 0.717) is 17.8 Å². The number of benzene rings is 2. The van der Waals surface area contributed by atoms with E-state index in [1.807, 2.05) is 0 Å². The highest BCUT2D eigenvalue weighted by molar-refractivity contribution is 7.91. The van der Waals surface area contributed by atoms with E-state index in [9.17, 15) is 22.7 Å². The van der Waals surface area contributed by atoms with E-state index in [1.165, 1.54) is 24.4 Å². The van der Waals surface area contributed by atoms with Crippen molar-refractivity contribution in [1.82, 2.24) is 14.4 Å². The van der Waals surface area contributed by atoms with Crippen molar-refractivity contribution in [2.45, 2.75) is 29.2 Å². The van der Waals surface area contributed by atoms with Crippen molar-refractivity contribution in [3.8, 4) is 0 Å². The van der Waals surface area contributed by atoms with Gasteiger partial charge in [0.15, 0.2) is 5.78 Å². The molecule has 158 valence electrons. The van der Waals surface area contributed by atoms with Crippen LogP contribution in [0.1, 0.15) is 27.9 Å². The average Bonchev–Trinajstić information content (AvgIpc) is 3.25. The van der Waals surface area contributed by atoms with Crippen molar-refractivity contribution in [2.24, 2.45) is 0 Å². The number of aryl methyl sites for hydroxylation is 1. The SMILES string of the molecule is O=C(CCc1ccc(S(=O)(=O)c2cc(F)ccc2CO)cc1)c1cnc2nccn2c1. The van der Waals surface area contributed by atoms with Gasteiger partial charge in [-0.1, -0.05) is 18.2 Å². The lowest BCUT2D eigenvalue weighted by atomic mass is 10.0. The Labute approximate surface area is 177 Å². The minimum Gasteiger partial charge on any atom is -0.392 e. The molecule has 0 radical (unpaired) electrons. The van der Waals surface area contributed by atoms with E-state index in [2.05, 4.69) is 9.97 Å². The fourth-order valence-corrected chi connectivity index (χ4v) is 4.73. The fourth-order valence-electron chi connectivity index (χ4n) is 3.23. The molecule has 0 aliphatic heterocycles. The summed E-state index contributed by atoms with van der Waals surface area (Å²) in [7, 11) is -3.99. The average molecular weight is 439 g/mol. The standard InChI is InChI=1S/C22H18FN3O4S/c23-18-5-4-16(14-27)21(11-18)31(29,30)19-6-1-15(2-7-19)3-8-20(28)17-12-25-22-24-9-10-26(22)13-17/h1-2,4-7,9-13,27H,3,8,14H2. The third-order valence-corrected chi connectivity index (χ3v) is 6.78. The number of hydrogen-bond acceptors (Lipinski definition) is 6. The number of nitrogens with zero attached hydrogens (tertiary/aromatic N) is 3. The summed E-state index contributed by atoms with van der Waals surface area (Å²) in [4.78, 5) is 20.3. The maximum absolute atomic E-state index is 13.6. The van der Waals surface area contributed by atoms with Gasteiger partial charge in [-0.15, -0.1) is 0 Å². The summed E-state index contributed by atoms with van der Waals surface area (Å²) in [6.07, 6.45) is 7.11. The molecule has 0 spiro atoms. The van der Waals surface area contributed by atoms with Gasteiger partial charge in [-0.2, -0.15) is 0 Å². The molecule has 0 amide bonds. The van der Waals surface area contributed by atoms with Crippen LogP contribution < -0.4 is 0 Å². The highest BCUT2D eigenvalue weighted by Gasteiger charge is 2.22. The van der Waals surface area contributed by atoms with Crippen LogP contribution in [0.25, 0.3) is 5.78 Å². The Morgan fingerprint density at radius 2 is 1.87 bits per heavy atom. The van der Waals surface area contributed by atoms with Gasteiger partial charge in [0.05, 0.1) is 22.0 Å². The highest BCUT2D eigenvalue weighted by atomic mass is 32.2. The molecule has 0 aliphatic rings. The number of carbonyl (C=O) groups excluding carboxylic acids is 1. The number of hydrogen-bond donors (Lipinski definition) is 1. The molecule has 7 nitrogen and oxygen atoms in total. The monoisotopic (exact) mass is 439 g/mol. The Morgan fingerprint density at radius 1 is 1.10 bits per heavy atom. The summed E-state index contributed by atoms with van der Waals surface area (Å²) < 4.78 is 41.0. The van der Waals surface area contributed by atoms with Gasteiger partial charge in [0.25, 0.3) is 0 Å². The predicted molar refractivity (Wildman–Crippen MR) is 110 cm³/mol. The molecular weight excluding hydrogens is 421 g/mol. The van der Waals surface area contributed by atoms with Gasteiger partial charge in [-0.3, -0.25) is 9.20 Å². The number of rotatable bonds is 7. The summed E-state index contributed by atoms with van der Waals surface area (Å²) >= 11 is 0. The van der Waals surface area contributed by atoms with E-state index in [1.54, 1.807) is 35.1 Å². The molecule has 9 heteroatoms. The van der Waals surface area contributed by atoms with Crippen LogP contribution in [0.5, 0.6) is 0 Å². The van der Waals surface area contributed by atoms with E-state index in [4.69, 9.17) is 0 Å². The minimum absolute atomic E-state index is 0.0161. The second-order valence-electron chi connectivity index (χ2n) is 6.96. The molecular formula is C22H18FN3O4S. The molecule has 0 fully saturated rings.